The lowest BCUT2D eigenvalue weighted by Gasteiger charge is -2.00. The molecule has 0 fully saturated rings. The predicted octanol–water partition coefficient (Wildman–Crippen LogP) is -1.17. The van der Waals surface area contributed by atoms with E-state index in [4.69, 9.17) is 15.5 Å². The predicted molar refractivity (Wildman–Crippen MR) is 35.3 cm³/mol. The van der Waals surface area contributed by atoms with Gasteiger partial charge in [-0.2, -0.15) is 0 Å². The van der Waals surface area contributed by atoms with Crippen LogP contribution in [0.1, 0.15) is 0 Å². The average Bonchev–Trinajstić information content (AvgIpc) is 1.59. The first-order valence-corrected chi connectivity index (χ1v) is 3.49. The van der Waals surface area contributed by atoms with Crippen molar-refractivity contribution in [3.63, 3.8) is 0 Å². The van der Waals surface area contributed by atoms with Crippen LogP contribution < -0.4 is 5.73 Å². The van der Waals surface area contributed by atoms with E-state index < -0.39 is 7.82 Å². The minimum Gasteiger partial charge on any atom is -0.328 e. The van der Waals surface area contributed by atoms with Crippen LogP contribution in [-0.4, -0.2) is 31.4 Å². The van der Waals surface area contributed by atoms with Crippen molar-refractivity contribution in [1.29, 1.82) is 0 Å². The van der Waals surface area contributed by atoms with E-state index in [9.17, 15) is 4.57 Å². The third-order valence-corrected chi connectivity index (χ3v) is 0.896. The van der Waals surface area contributed by atoms with E-state index in [1.807, 2.05) is 0 Å². The molecule has 0 aliphatic heterocycles. The largest absolute Gasteiger partial charge is 0.469 e. The molecule has 0 aromatic carbocycles. The molecule has 0 heterocycles. The smallest absolute Gasteiger partial charge is 0.328 e. The van der Waals surface area contributed by atoms with Gasteiger partial charge in [-0.05, 0) is 0 Å². The normalized spacial score (nSPS) is 9.50. The topological polar surface area (TPSA) is 92.8 Å². The van der Waals surface area contributed by atoms with Gasteiger partial charge < -0.3 is 15.5 Å². The van der Waals surface area contributed by atoms with Crippen LogP contribution in [0.15, 0.2) is 0 Å². The average molecular weight is 172 g/mol. The molecule has 0 saturated carbocycles. The number of phosphoric acid groups is 1. The number of rotatable bonds is 3. The summed E-state index contributed by atoms with van der Waals surface area (Å²) in [6, 6.07) is 0. The summed E-state index contributed by atoms with van der Waals surface area (Å²) in [6.45, 7) is 0.00931. The van der Waals surface area contributed by atoms with E-state index in [-0.39, 0.29) is 26.3 Å². The van der Waals surface area contributed by atoms with Gasteiger partial charge >= 0.3 is 7.82 Å². The molecule has 0 aromatic heterocycles. The zero-order valence-electron chi connectivity index (χ0n) is 5.14. The van der Waals surface area contributed by atoms with E-state index >= 15 is 0 Å². The van der Waals surface area contributed by atoms with Crippen molar-refractivity contribution >= 4 is 16.2 Å². The maximum Gasteiger partial charge on any atom is 0.469 e. The van der Waals surface area contributed by atoms with Crippen molar-refractivity contribution in [2.24, 2.45) is 5.73 Å². The quantitative estimate of drug-likeness (QED) is 0.368. The van der Waals surface area contributed by atoms with Crippen molar-refractivity contribution < 1.29 is 23.6 Å². The molecule has 8 heteroatoms. The molecule has 5 nitrogen and oxygen atoms in total. The Morgan fingerprint density at radius 2 is 1.90 bits per heavy atom. The van der Waals surface area contributed by atoms with Gasteiger partial charge in [-0.25, -0.2) is 4.57 Å². The van der Waals surface area contributed by atoms with Crippen LogP contribution in [0, 0.1) is 0 Å². The number of phosphoric ester groups is 1. The van der Waals surface area contributed by atoms with Crippen LogP contribution in [0.25, 0.3) is 0 Å². The van der Waals surface area contributed by atoms with Crippen LogP contribution in [0.2, 0.25) is 0 Å². The van der Waals surface area contributed by atoms with Crippen molar-refractivity contribution in [3.8, 4) is 0 Å². The fourth-order valence-corrected chi connectivity index (χ4v) is 0.515. The lowest BCUT2D eigenvalue weighted by atomic mass is 10.8. The molecule has 0 atom stereocenters. The molecular weight excluding hydrogens is 163 g/mol. The van der Waals surface area contributed by atoms with Gasteiger partial charge in [0.1, 0.15) is 0 Å². The van der Waals surface area contributed by atoms with Crippen molar-refractivity contribution in [2.75, 3.05) is 13.2 Å². The van der Waals surface area contributed by atoms with E-state index in [2.05, 4.69) is 4.52 Å². The van der Waals surface area contributed by atoms with Crippen molar-refractivity contribution in [2.45, 2.75) is 0 Å². The van der Waals surface area contributed by atoms with Crippen LogP contribution >= 0.6 is 7.82 Å². The standard InChI is InChI=1S/C2H8NO4P.B.FH/c3-1-2-7-8(4,5)6;;/h1-3H2,(H2,4,5,6);;1H. The lowest BCUT2D eigenvalue weighted by Crippen LogP contribution is -2.06. The number of hydrogen-bond donors (Lipinski definition) is 3. The van der Waals surface area contributed by atoms with E-state index in [0.717, 1.165) is 0 Å². The van der Waals surface area contributed by atoms with Gasteiger partial charge in [0.05, 0.1) is 6.61 Å². The summed E-state index contributed by atoms with van der Waals surface area (Å²) in [5.41, 5.74) is 4.87. The van der Waals surface area contributed by atoms with Gasteiger partial charge in [0.15, 0.2) is 0 Å². The highest BCUT2D eigenvalue weighted by atomic mass is 31.2. The summed E-state index contributed by atoms with van der Waals surface area (Å²) in [5.74, 6) is 0. The van der Waals surface area contributed by atoms with Gasteiger partial charge in [0, 0.05) is 15.0 Å². The molecule has 0 rings (SSSR count). The minimum atomic E-state index is -4.26. The second kappa shape index (κ2) is 7.18. The lowest BCUT2D eigenvalue weighted by molar-refractivity contribution is 0.202. The second-order valence-electron chi connectivity index (χ2n) is 1.11. The van der Waals surface area contributed by atoms with Gasteiger partial charge in [-0.15, -0.1) is 0 Å². The zero-order valence-corrected chi connectivity index (χ0v) is 6.03. The highest BCUT2D eigenvalue weighted by Gasteiger charge is 2.11. The summed E-state index contributed by atoms with van der Waals surface area (Å²) < 4.78 is 13.7. The highest BCUT2D eigenvalue weighted by molar-refractivity contribution is 7.46. The third kappa shape index (κ3) is 15.7. The van der Waals surface area contributed by atoms with Crippen LogP contribution in [0.4, 0.5) is 4.70 Å². The van der Waals surface area contributed by atoms with Crippen molar-refractivity contribution in [3.05, 3.63) is 0 Å². The Bertz CT molecular complexity index is 107. The van der Waals surface area contributed by atoms with Crippen LogP contribution in [0.5, 0.6) is 0 Å². The molecule has 0 aromatic rings. The Morgan fingerprint density at radius 3 is 2.00 bits per heavy atom. The highest BCUT2D eigenvalue weighted by Crippen LogP contribution is 2.34. The first kappa shape index (κ1) is 16.6. The summed E-state index contributed by atoms with van der Waals surface area (Å²) in [6.07, 6.45) is 0. The minimum absolute atomic E-state index is 0. The third-order valence-electron chi connectivity index (χ3n) is 0.377. The fraction of sp³-hybridized carbons (Fsp3) is 1.00. The van der Waals surface area contributed by atoms with Crippen LogP contribution in [-0.2, 0) is 9.09 Å². The molecule has 0 spiro atoms. The molecule has 61 valence electrons. The molecule has 0 aliphatic carbocycles. The summed E-state index contributed by atoms with van der Waals surface area (Å²) in [7, 11) is -4.26. The molecule has 0 unspecified atom stereocenters. The maximum atomic E-state index is 9.81. The summed E-state index contributed by atoms with van der Waals surface area (Å²) in [4.78, 5) is 16.0. The van der Waals surface area contributed by atoms with E-state index in [1.54, 1.807) is 0 Å². The monoisotopic (exact) mass is 172 g/mol. The number of hydrogen-bond acceptors (Lipinski definition) is 3. The second-order valence-corrected chi connectivity index (χ2v) is 2.35. The maximum absolute atomic E-state index is 9.81. The molecule has 10 heavy (non-hydrogen) atoms. The van der Waals surface area contributed by atoms with Gasteiger partial charge in [-0.3, -0.25) is 9.23 Å². The Balaban J connectivity index is -0.000000245. The molecule has 0 bridgehead atoms. The van der Waals surface area contributed by atoms with E-state index in [1.165, 1.54) is 0 Å². The van der Waals surface area contributed by atoms with E-state index in [0.29, 0.717) is 0 Å². The number of nitrogens with two attached hydrogens (primary N) is 1. The summed E-state index contributed by atoms with van der Waals surface area (Å²) in [5, 5.41) is 0. The first-order valence-electron chi connectivity index (χ1n) is 1.96. The molecular formula is C2H9BFNO4P. The summed E-state index contributed by atoms with van der Waals surface area (Å²) >= 11 is 0. The van der Waals surface area contributed by atoms with Gasteiger partial charge in [0.25, 0.3) is 0 Å². The molecule has 0 amide bonds. The Kier molecular flexibility index (Phi) is 11.9. The van der Waals surface area contributed by atoms with Crippen molar-refractivity contribution in [1.82, 2.24) is 0 Å². The van der Waals surface area contributed by atoms with Crippen LogP contribution in [0.3, 0.4) is 0 Å². The SMILES string of the molecule is F.NCCOP(=O)(O)O.[B]. The first-order chi connectivity index (χ1) is 3.56. The fourth-order valence-electron chi connectivity index (χ4n) is 0.172. The Hall–Kier alpha value is 0.0649. The number of halogens is 1. The molecule has 4 N–H and O–H groups in total. The molecule has 0 aliphatic rings. The molecule has 3 radical (unpaired) electrons. The Morgan fingerprint density at radius 1 is 1.50 bits per heavy atom. The van der Waals surface area contributed by atoms with Gasteiger partial charge in [-0.1, -0.05) is 0 Å². The van der Waals surface area contributed by atoms with Gasteiger partial charge in [0.2, 0.25) is 0 Å². The zero-order chi connectivity index (χ0) is 6.62. The Labute approximate surface area is 59.7 Å². The molecule has 0 saturated heterocycles.